The van der Waals surface area contributed by atoms with E-state index >= 15 is 0 Å². The van der Waals surface area contributed by atoms with Crippen LogP contribution in [0.1, 0.15) is 30.4 Å². The summed E-state index contributed by atoms with van der Waals surface area (Å²) in [5, 5.41) is 10.5. The average molecular weight is 361 g/mol. The van der Waals surface area contributed by atoms with E-state index in [1.165, 1.54) is 11.3 Å². The highest BCUT2D eigenvalue weighted by Crippen LogP contribution is 2.17. The highest BCUT2D eigenvalue weighted by Gasteiger charge is 2.21. The smallest absolute Gasteiger partial charge is 0.265 e. The van der Waals surface area contributed by atoms with Gasteiger partial charge in [0.2, 0.25) is 5.91 Å². The predicted molar refractivity (Wildman–Crippen MR) is 103 cm³/mol. The number of benzene rings is 1. The first kappa shape index (κ1) is 18.1. The zero-order valence-electron chi connectivity index (χ0n) is 13.7. The Kier molecular flexibility index (Phi) is 5.69. The second-order valence-electron chi connectivity index (χ2n) is 6.17. The second-order valence-corrected chi connectivity index (χ2v) is 7.52. The fourth-order valence-electron chi connectivity index (χ4n) is 1.69. The van der Waals surface area contributed by atoms with E-state index in [9.17, 15) is 9.59 Å². The fraction of sp³-hybridized carbons (Fsp3) is 0.235. The summed E-state index contributed by atoms with van der Waals surface area (Å²) in [5.41, 5.74) is 0.897. The van der Waals surface area contributed by atoms with Crippen molar-refractivity contribution in [2.75, 3.05) is 10.6 Å². The number of thiophene rings is 1. The minimum Gasteiger partial charge on any atom is -0.332 e. The SMILES string of the molecule is CC(C)(C)C(=O)NC(=S)Nc1ccc(NC(=O)c2cccs2)cc1. The van der Waals surface area contributed by atoms with E-state index in [4.69, 9.17) is 12.2 Å². The Morgan fingerprint density at radius 2 is 1.58 bits per heavy atom. The van der Waals surface area contributed by atoms with Crippen LogP contribution in [0.3, 0.4) is 0 Å². The van der Waals surface area contributed by atoms with E-state index in [2.05, 4.69) is 16.0 Å². The van der Waals surface area contributed by atoms with Crippen molar-refractivity contribution < 1.29 is 9.59 Å². The molecule has 0 radical (unpaired) electrons. The molecule has 0 atom stereocenters. The van der Waals surface area contributed by atoms with Crippen LogP contribution in [-0.2, 0) is 4.79 Å². The topological polar surface area (TPSA) is 70.2 Å². The van der Waals surface area contributed by atoms with Crippen molar-refractivity contribution in [1.29, 1.82) is 0 Å². The Labute approximate surface area is 150 Å². The Balaban J connectivity index is 1.91. The van der Waals surface area contributed by atoms with E-state index in [1.54, 1.807) is 30.3 Å². The molecule has 7 heteroatoms. The summed E-state index contributed by atoms with van der Waals surface area (Å²) in [6.45, 7) is 5.45. The molecule has 2 amide bonds. The summed E-state index contributed by atoms with van der Waals surface area (Å²) >= 11 is 6.51. The number of amides is 2. The van der Waals surface area contributed by atoms with Crippen LogP contribution < -0.4 is 16.0 Å². The van der Waals surface area contributed by atoms with Crippen molar-refractivity contribution in [3.05, 3.63) is 46.7 Å². The molecule has 1 heterocycles. The molecule has 24 heavy (non-hydrogen) atoms. The molecule has 0 saturated carbocycles. The number of anilines is 2. The van der Waals surface area contributed by atoms with E-state index in [0.29, 0.717) is 10.6 Å². The zero-order valence-corrected chi connectivity index (χ0v) is 15.3. The van der Waals surface area contributed by atoms with E-state index in [-0.39, 0.29) is 16.9 Å². The summed E-state index contributed by atoms with van der Waals surface area (Å²) in [4.78, 5) is 24.5. The lowest BCUT2D eigenvalue weighted by molar-refractivity contribution is -0.126. The Morgan fingerprint density at radius 3 is 2.08 bits per heavy atom. The van der Waals surface area contributed by atoms with Gasteiger partial charge in [-0.2, -0.15) is 0 Å². The maximum Gasteiger partial charge on any atom is 0.265 e. The van der Waals surface area contributed by atoms with E-state index in [0.717, 1.165) is 5.69 Å². The lowest BCUT2D eigenvalue weighted by Crippen LogP contribution is -2.41. The molecule has 0 saturated heterocycles. The molecule has 1 aromatic heterocycles. The molecular formula is C17H19N3O2S2. The quantitative estimate of drug-likeness (QED) is 0.726. The zero-order chi connectivity index (χ0) is 17.7. The lowest BCUT2D eigenvalue weighted by Gasteiger charge is -2.18. The number of carbonyl (C=O) groups excluding carboxylic acids is 2. The predicted octanol–water partition coefficient (Wildman–Crippen LogP) is 3.86. The maximum atomic E-state index is 12.0. The molecule has 5 nitrogen and oxygen atoms in total. The molecule has 0 aliphatic rings. The van der Waals surface area contributed by atoms with Crippen molar-refractivity contribution in [3.8, 4) is 0 Å². The summed E-state index contributed by atoms with van der Waals surface area (Å²) in [6.07, 6.45) is 0. The van der Waals surface area contributed by atoms with E-state index < -0.39 is 5.41 Å². The van der Waals surface area contributed by atoms with E-state index in [1.807, 2.05) is 32.2 Å². The van der Waals surface area contributed by atoms with Gasteiger partial charge in [-0.3, -0.25) is 9.59 Å². The molecule has 0 unspecified atom stereocenters. The van der Waals surface area contributed by atoms with Crippen LogP contribution in [0.15, 0.2) is 41.8 Å². The third kappa shape index (κ3) is 5.14. The minimum absolute atomic E-state index is 0.140. The second kappa shape index (κ2) is 7.55. The lowest BCUT2D eigenvalue weighted by atomic mass is 9.96. The van der Waals surface area contributed by atoms with Crippen LogP contribution >= 0.6 is 23.6 Å². The molecule has 1 aromatic carbocycles. The first-order valence-electron chi connectivity index (χ1n) is 7.33. The van der Waals surface area contributed by atoms with Gasteiger partial charge in [-0.15, -0.1) is 11.3 Å². The Bertz CT molecular complexity index is 732. The van der Waals surface area contributed by atoms with Gasteiger partial charge in [-0.1, -0.05) is 26.8 Å². The highest BCUT2D eigenvalue weighted by molar-refractivity contribution is 7.80. The summed E-state index contributed by atoms with van der Waals surface area (Å²) in [7, 11) is 0. The van der Waals surface area contributed by atoms with Gasteiger partial charge >= 0.3 is 0 Å². The number of hydrogen-bond acceptors (Lipinski definition) is 4. The Hall–Kier alpha value is -2.25. The molecular weight excluding hydrogens is 342 g/mol. The van der Waals surface area contributed by atoms with Gasteiger partial charge in [0.25, 0.3) is 5.91 Å². The normalized spacial score (nSPS) is 10.8. The number of hydrogen-bond donors (Lipinski definition) is 3. The molecule has 2 aromatic rings. The monoisotopic (exact) mass is 361 g/mol. The van der Waals surface area contributed by atoms with Crippen molar-refractivity contribution in [2.45, 2.75) is 20.8 Å². The number of carbonyl (C=O) groups is 2. The summed E-state index contributed by atoms with van der Waals surface area (Å²) in [6, 6.07) is 10.7. The van der Waals surface area contributed by atoms with Gasteiger partial charge in [0.15, 0.2) is 5.11 Å². The largest absolute Gasteiger partial charge is 0.332 e. The van der Waals surface area contributed by atoms with Crippen LogP contribution in [0.5, 0.6) is 0 Å². The van der Waals surface area contributed by atoms with Crippen molar-refractivity contribution in [1.82, 2.24) is 5.32 Å². The number of thiocarbonyl (C=S) groups is 1. The molecule has 3 N–H and O–H groups in total. The maximum absolute atomic E-state index is 12.0. The fourth-order valence-corrected chi connectivity index (χ4v) is 2.52. The molecule has 0 spiro atoms. The Morgan fingerprint density at radius 1 is 1.00 bits per heavy atom. The average Bonchev–Trinajstić information content (AvgIpc) is 3.02. The third-order valence-corrected chi connectivity index (χ3v) is 4.13. The first-order chi connectivity index (χ1) is 11.3. The van der Waals surface area contributed by atoms with Gasteiger partial charge in [-0.05, 0) is 47.9 Å². The molecule has 0 aliphatic heterocycles. The number of rotatable bonds is 3. The van der Waals surface area contributed by atoms with Gasteiger partial charge in [0.1, 0.15) is 0 Å². The van der Waals surface area contributed by atoms with Crippen LogP contribution in [0.2, 0.25) is 0 Å². The highest BCUT2D eigenvalue weighted by atomic mass is 32.1. The van der Waals surface area contributed by atoms with Crippen LogP contribution in [0.4, 0.5) is 11.4 Å². The first-order valence-corrected chi connectivity index (χ1v) is 8.62. The minimum atomic E-state index is -0.512. The molecule has 0 fully saturated rings. The van der Waals surface area contributed by atoms with Crippen LogP contribution in [-0.4, -0.2) is 16.9 Å². The van der Waals surface area contributed by atoms with Gasteiger partial charge in [-0.25, -0.2) is 0 Å². The molecule has 0 aliphatic carbocycles. The van der Waals surface area contributed by atoms with Gasteiger partial charge in [0.05, 0.1) is 4.88 Å². The molecule has 126 valence electrons. The van der Waals surface area contributed by atoms with Gasteiger partial charge in [0, 0.05) is 16.8 Å². The molecule has 2 rings (SSSR count). The number of nitrogens with one attached hydrogen (secondary N) is 3. The van der Waals surface area contributed by atoms with Crippen molar-refractivity contribution >= 4 is 51.9 Å². The third-order valence-electron chi connectivity index (χ3n) is 3.05. The van der Waals surface area contributed by atoms with Gasteiger partial charge < -0.3 is 16.0 Å². The summed E-state index contributed by atoms with van der Waals surface area (Å²) < 4.78 is 0. The standard InChI is InChI=1S/C17H19N3O2S2/c1-17(2,3)15(22)20-16(23)19-12-8-6-11(7-9-12)18-14(21)13-5-4-10-24-13/h4-10H,1-3H3,(H,18,21)(H2,19,20,22,23). The van der Waals surface area contributed by atoms with Crippen LogP contribution in [0, 0.1) is 5.41 Å². The van der Waals surface area contributed by atoms with Crippen molar-refractivity contribution in [3.63, 3.8) is 0 Å². The molecule has 0 bridgehead atoms. The van der Waals surface area contributed by atoms with Crippen molar-refractivity contribution in [2.24, 2.45) is 5.41 Å². The summed E-state index contributed by atoms with van der Waals surface area (Å²) in [5.74, 6) is -0.293. The van der Waals surface area contributed by atoms with Crippen LogP contribution in [0.25, 0.3) is 0 Å².